The van der Waals surface area contributed by atoms with Crippen LogP contribution in [0.2, 0.25) is 0 Å². The van der Waals surface area contributed by atoms with Gasteiger partial charge in [0.15, 0.2) is 0 Å². The number of carbonyl (C=O) groups is 2. The lowest BCUT2D eigenvalue weighted by atomic mass is 9.82. The summed E-state index contributed by atoms with van der Waals surface area (Å²) in [7, 11) is 0. The smallest absolute Gasteiger partial charge is 0.338 e. The van der Waals surface area contributed by atoms with Crippen molar-refractivity contribution in [3.63, 3.8) is 0 Å². The molecule has 0 radical (unpaired) electrons. The molecule has 1 fully saturated rings. The van der Waals surface area contributed by atoms with Crippen LogP contribution in [0.3, 0.4) is 0 Å². The Bertz CT molecular complexity index is 668. The molecule has 1 aromatic carbocycles. The molecule has 24 heavy (non-hydrogen) atoms. The number of anilines is 1. The van der Waals surface area contributed by atoms with Gasteiger partial charge in [0.25, 0.3) is 11.3 Å². The van der Waals surface area contributed by atoms with E-state index >= 15 is 0 Å². The van der Waals surface area contributed by atoms with Gasteiger partial charge in [0.1, 0.15) is 11.6 Å². The van der Waals surface area contributed by atoms with Crippen LogP contribution in [-0.4, -0.2) is 32.7 Å². The van der Waals surface area contributed by atoms with E-state index in [9.17, 15) is 22.7 Å². The summed E-state index contributed by atoms with van der Waals surface area (Å²) < 4.78 is 41.9. The quantitative estimate of drug-likeness (QED) is 0.647. The molecule has 1 aliphatic carbocycles. The van der Waals surface area contributed by atoms with Gasteiger partial charge in [-0.05, 0) is 44.9 Å². The summed E-state index contributed by atoms with van der Waals surface area (Å²) in [6.45, 7) is 3.54. The second kappa shape index (κ2) is 7.40. The van der Waals surface area contributed by atoms with Crippen molar-refractivity contribution < 1.29 is 27.5 Å². The largest absolute Gasteiger partial charge is 0.462 e. The lowest BCUT2D eigenvalue weighted by Crippen LogP contribution is -2.50. The Morgan fingerprint density at radius 2 is 2.04 bits per heavy atom. The number of nitrogens with zero attached hydrogens (tertiary/aromatic N) is 1. The third-order valence-electron chi connectivity index (χ3n) is 4.21. The Labute approximate surface area is 142 Å². The summed E-state index contributed by atoms with van der Waals surface area (Å²) in [5.74, 6) is -1.36. The number of ketones is 1. The number of rotatable bonds is 5. The number of esters is 1. The van der Waals surface area contributed by atoms with Crippen molar-refractivity contribution in [2.24, 2.45) is 0 Å². The fourth-order valence-corrected chi connectivity index (χ4v) is 3.72. The van der Waals surface area contributed by atoms with E-state index in [-0.39, 0.29) is 36.5 Å². The zero-order valence-corrected chi connectivity index (χ0v) is 14.4. The van der Waals surface area contributed by atoms with Crippen molar-refractivity contribution >= 4 is 28.7 Å². The van der Waals surface area contributed by atoms with Gasteiger partial charge >= 0.3 is 5.97 Å². The third-order valence-corrected chi connectivity index (χ3v) is 5.16. The first-order valence-corrected chi connectivity index (χ1v) is 8.74. The predicted molar refractivity (Wildman–Crippen MR) is 87.5 cm³/mol. The van der Waals surface area contributed by atoms with Crippen LogP contribution in [0.5, 0.6) is 0 Å². The maximum absolute atomic E-state index is 14.5. The van der Waals surface area contributed by atoms with Crippen LogP contribution in [0.15, 0.2) is 18.2 Å². The Kier molecular flexibility index (Phi) is 5.71. The topological polar surface area (TPSA) is 83.9 Å². The van der Waals surface area contributed by atoms with E-state index in [0.717, 1.165) is 10.4 Å². The first kappa shape index (κ1) is 18.5. The van der Waals surface area contributed by atoms with Gasteiger partial charge in [0, 0.05) is 12.8 Å². The van der Waals surface area contributed by atoms with E-state index in [0.29, 0.717) is 12.8 Å². The number of hydrogen-bond donors (Lipinski definition) is 1. The minimum atomic E-state index is -2.47. The lowest BCUT2D eigenvalue weighted by Gasteiger charge is -2.42. The first-order chi connectivity index (χ1) is 11.3. The van der Waals surface area contributed by atoms with Gasteiger partial charge in [-0.2, -0.15) is 0 Å². The third kappa shape index (κ3) is 3.81. The molecular weight excluding hydrogens is 337 g/mol. The van der Waals surface area contributed by atoms with Crippen LogP contribution in [0, 0.1) is 5.82 Å². The molecule has 0 aromatic heterocycles. The van der Waals surface area contributed by atoms with E-state index < -0.39 is 28.6 Å². The fraction of sp³-hybridized carbons (Fsp3) is 0.500. The second-order valence-corrected chi connectivity index (χ2v) is 6.77. The van der Waals surface area contributed by atoms with Crippen molar-refractivity contribution in [1.82, 2.24) is 0 Å². The standard InChI is InChI=1S/C16H20FNO5S/c1-3-23-15(20)11-4-5-14(13(17)10-11)18(24(21)22)16(2)8-6-12(19)7-9-16/h4-5,10H,3,6-9H2,1-2H3,(H,21,22). The number of Topliss-reactive ketones (excluding diaryl/α,β-unsaturated/α-hetero) is 1. The van der Waals surface area contributed by atoms with Gasteiger partial charge in [0.2, 0.25) is 0 Å². The number of halogens is 1. The zero-order valence-electron chi connectivity index (χ0n) is 13.6. The number of carbonyl (C=O) groups excluding carboxylic acids is 2. The van der Waals surface area contributed by atoms with E-state index in [1.807, 2.05) is 0 Å². The average molecular weight is 357 g/mol. The van der Waals surface area contributed by atoms with Crippen molar-refractivity contribution in [3.05, 3.63) is 29.6 Å². The first-order valence-electron chi connectivity index (χ1n) is 7.68. The molecule has 0 heterocycles. The van der Waals surface area contributed by atoms with Crippen LogP contribution in [0.4, 0.5) is 10.1 Å². The van der Waals surface area contributed by atoms with Crippen LogP contribution in [0.1, 0.15) is 49.9 Å². The van der Waals surface area contributed by atoms with Crippen molar-refractivity contribution in [1.29, 1.82) is 0 Å². The van der Waals surface area contributed by atoms with Gasteiger partial charge in [0.05, 0.1) is 23.4 Å². The molecule has 0 aliphatic heterocycles. The molecule has 1 aromatic rings. The highest BCUT2D eigenvalue weighted by Gasteiger charge is 2.40. The van der Waals surface area contributed by atoms with Crippen LogP contribution >= 0.6 is 0 Å². The molecule has 132 valence electrons. The molecule has 1 aliphatic rings. The summed E-state index contributed by atoms with van der Waals surface area (Å²) in [4.78, 5) is 23.1. The zero-order chi connectivity index (χ0) is 17.9. The monoisotopic (exact) mass is 357 g/mol. The van der Waals surface area contributed by atoms with Gasteiger partial charge in [-0.25, -0.2) is 13.4 Å². The fourth-order valence-electron chi connectivity index (χ4n) is 2.85. The van der Waals surface area contributed by atoms with Gasteiger partial charge < -0.3 is 4.74 Å². The summed E-state index contributed by atoms with van der Waals surface area (Å²) in [5, 5.41) is 0. The van der Waals surface area contributed by atoms with Gasteiger partial charge in [-0.15, -0.1) is 0 Å². The van der Waals surface area contributed by atoms with Gasteiger partial charge in [-0.3, -0.25) is 13.7 Å². The number of hydrogen-bond acceptors (Lipinski definition) is 4. The molecule has 1 atom stereocenters. The Balaban J connectivity index is 2.37. The van der Waals surface area contributed by atoms with Crippen molar-refractivity contribution in [2.45, 2.75) is 45.1 Å². The molecule has 2 rings (SSSR count). The Morgan fingerprint density at radius 3 is 2.54 bits per heavy atom. The summed E-state index contributed by atoms with van der Waals surface area (Å²) in [6.07, 6.45) is 1.29. The highest BCUT2D eigenvalue weighted by molar-refractivity contribution is 7.80. The lowest BCUT2D eigenvalue weighted by molar-refractivity contribution is -0.121. The molecule has 0 saturated heterocycles. The van der Waals surface area contributed by atoms with E-state index in [2.05, 4.69) is 0 Å². The normalized spacial score (nSPS) is 18.1. The molecule has 1 saturated carbocycles. The molecule has 8 heteroatoms. The average Bonchev–Trinajstić information content (AvgIpc) is 2.52. The van der Waals surface area contributed by atoms with Crippen LogP contribution < -0.4 is 4.31 Å². The molecule has 0 spiro atoms. The molecule has 6 nitrogen and oxygen atoms in total. The van der Waals surface area contributed by atoms with Crippen molar-refractivity contribution in [3.8, 4) is 0 Å². The minimum Gasteiger partial charge on any atom is -0.462 e. The highest BCUT2D eigenvalue weighted by Crippen LogP contribution is 2.37. The van der Waals surface area contributed by atoms with Crippen molar-refractivity contribution in [2.75, 3.05) is 10.9 Å². The second-order valence-electron chi connectivity index (χ2n) is 5.95. The minimum absolute atomic E-state index is 0.0331. The van der Waals surface area contributed by atoms with E-state index in [1.165, 1.54) is 12.1 Å². The van der Waals surface area contributed by atoms with E-state index in [4.69, 9.17) is 4.74 Å². The Morgan fingerprint density at radius 1 is 1.42 bits per heavy atom. The maximum Gasteiger partial charge on any atom is 0.338 e. The molecular formula is C16H20FNO5S. The maximum atomic E-state index is 14.5. The number of benzene rings is 1. The Hall–Kier alpha value is -1.80. The molecule has 1 N–H and O–H groups in total. The van der Waals surface area contributed by atoms with Crippen LogP contribution in [-0.2, 0) is 20.8 Å². The summed E-state index contributed by atoms with van der Waals surface area (Å²) in [5.41, 5.74) is -0.869. The van der Waals surface area contributed by atoms with Gasteiger partial charge in [-0.1, -0.05) is 0 Å². The summed E-state index contributed by atoms with van der Waals surface area (Å²) >= 11 is -2.47. The van der Waals surface area contributed by atoms with Crippen LogP contribution in [0.25, 0.3) is 0 Å². The molecule has 0 bridgehead atoms. The van der Waals surface area contributed by atoms with E-state index in [1.54, 1.807) is 13.8 Å². The molecule has 1 unspecified atom stereocenters. The SMILES string of the molecule is CCOC(=O)c1ccc(N(S(=O)O)C2(C)CCC(=O)CC2)c(F)c1. The molecule has 0 amide bonds. The predicted octanol–water partition coefficient (Wildman–Crippen LogP) is 2.85. The number of ether oxygens (including phenoxy) is 1. The summed E-state index contributed by atoms with van der Waals surface area (Å²) in [6, 6.07) is 3.63. The highest BCUT2D eigenvalue weighted by atomic mass is 32.2.